The number of carboxylic acid groups (broad SMARTS) is 1. The third kappa shape index (κ3) is 3.70. The van der Waals surface area contributed by atoms with Crippen LogP contribution in [0.4, 0.5) is 0 Å². The summed E-state index contributed by atoms with van der Waals surface area (Å²) in [6.45, 7) is 1.47. The standard InChI is InChI=1S/C22H25NO6/c1-26-18-7-3-6-16(21(18)27-2)20(23-10-4-5-15(12-23)22(24)25)14-8-9-17-19(11-14)29-13-28-17/h3,6-9,11,15,20H,4-5,10,12-13H2,1-2H3,(H,24,25). The summed E-state index contributed by atoms with van der Waals surface area (Å²) in [4.78, 5) is 13.9. The second kappa shape index (κ2) is 8.21. The van der Waals surface area contributed by atoms with Crippen molar-refractivity contribution >= 4 is 5.97 Å². The second-order valence-corrected chi connectivity index (χ2v) is 7.27. The van der Waals surface area contributed by atoms with Crippen LogP contribution in [0.15, 0.2) is 36.4 Å². The highest BCUT2D eigenvalue weighted by Gasteiger charge is 2.34. The van der Waals surface area contributed by atoms with Gasteiger partial charge >= 0.3 is 5.97 Å². The van der Waals surface area contributed by atoms with Gasteiger partial charge in [-0.05, 0) is 43.1 Å². The van der Waals surface area contributed by atoms with Crippen LogP contribution in [0.25, 0.3) is 0 Å². The van der Waals surface area contributed by atoms with Crippen molar-refractivity contribution in [1.82, 2.24) is 4.90 Å². The normalized spacial score (nSPS) is 19.6. The third-order valence-corrected chi connectivity index (χ3v) is 5.61. The Morgan fingerprint density at radius 1 is 1.17 bits per heavy atom. The lowest BCUT2D eigenvalue weighted by Crippen LogP contribution is -2.41. The molecule has 2 aromatic rings. The fourth-order valence-corrected chi connectivity index (χ4v) is 4.24. The number of fused-ring (bicyclic) bond motifs is 1. The Kier molecular flexibility index (Phi) is 5.49. The van der Waals surface area contributed by atoms with Crippen LogP contribution in [0.1, 0.15) is 30.0 Å². The molecule has 4 rings (SSSR count). The minimum Gasteiger partial charge on any atom is -0.493 e. The van der Waals surface area contributed by atoms with Crippen molar-refractivity contribution in [2.24, 2.45) is 5.92 Å². The van der Waals surface area contributed by atoms with Gasteiger partial charge < -0.3 is 24.1 Å². The number of hydrogen-bond donors (Lipinski definition) is 1. The van der Waals surface area contributed by atoms with Gasteiger partial charge in [-0.15, -0.1) is 0 Å². The summed E-state index contributed by atoms with van der Waals surface area (Å²) in [5, 5.41) is 9.58. The van der Waals surface area contributed by atoms with Crippen LogP contribution in [0.2, 0.25) is 0 Å². The van der Waals surface area contributed by atoms with Crippen molar-refractivity contribution in [3.8, 4) is 23.0 Å². The van der Waals surface area contributed by atoms with Crippen molar-refractivity contribution in [3.05, 3.63) is 47.5 Å². The molecule has 1 fully saturated rings. The molecule has 0 bridgehead atoms. The van der Waals surface area contributed by atoms with Crippen molar-refractivity contribution in [2.75, 3.05) is 34.1 Å². The molecule has 1 saturated heterocycles. The maximum Gasteiger partial charge on any atom is 0.307 e. The first-order valence-electron chi connectivity index (χ1n) is 9.69. The average Bonchev–Trinajstić information content (AvgIpc) is 3.22. The highest BCUT2D eigenvalue weighted by molar-refractivity contribution is 5.70. The van der Waals surface area contributed by atoms with Crippen LogP contribution in [-0.2, 0) is 4.79 Å². The topological polar surface area (TPSA) is 77.5 Å². The molecule has 2 atom stereocenters. The second-order valence-electron chi connectivity index (χ2n) is 7.27. The van der Waals surface area contributed by atoms with Gasteiger partial charge in [0.25, 0.3) is 0 Å². The van der Waals surface area contributed by atoms with Crippen molar-refractivity contribution in [1.29, 1.82) is 0 Å². The molecule has 29 heavy (non-hydrogen) atoms. The van der Waals surface area contributed by atoms with E-state index in [-0.39, 0.29) is 12.8 Å². The van der Waals surface area contributed by atoms with E-state index in [2.05, 4.69) is 4.90 Å². The smallest absolute Gasteiger partial charge is 0.307 e. The fraction of sp³-hybridized carbons (Fsp3) is 0.409. The summed E-state index contributed by atoms with van der Waals surface area (Å²) < 4.78 is 22.2. The lowest BCUT2D eigenvalue weighted by atomic mass is 9.90. The fourth-order valence-electron chi connectivity index (χ4n) is 4.24. The van der Waals surface area contributed by atoms with Crippen molar-refractivity contribution < 1.29 is 28.8 Å². The summed E-state index contributed by atoms with van der Waals surface area (Å²) in [6, 6.07) is 11.5. The molecular formula is C22H25NO6. The molecule has 0 spiro atoms. The lowest BCUT2D eigenvalue weighted by molar-refractivity contribution is -0.143. The first-order valence-corrected chi connectivity index (χ1v) is 9.69. The van der Waals surface area contributed by atoms with E-state index in [1.54, 1.807) is 14.2 Å². The highest BCUT2D eigenvalue weighted by atomic mass is 16.7. The number of benzene rings is 2. The van der Waals surface area contributed by atoms with E-state index < -0.39 is 11.9 Å². The largest absolute Gasteiger partial charge is 0.493 e. The van der Waals surface area contributed by atoms with Gasteiger partial charge in [0.05, 0.1) is 26.2 Å². The quantitative estimate of drug-likeness (QED) is 0.798. The van der Waals surface area contributed by atoms with E-state index in [1.807, 2.05) is 36.4 Å². The van der Waals surface area contributed by atoms with E-state index in [0.717, 1.165) is 24.1 Å². The molecule has 0 saturated carbocycles. The molecule has 2 aromatic carbocycles. The zero-order chi connectivity index (χ0) is 20.4. The minimum atomic E-state index is -0.753. The Balaban J connectivity index is 1.81. The van der Waals surface area contributed by atoms with Crippen LogP contribution >= 0.6 is 0 Å². The predicted molar refractivity (Wildman–Crippen MR) is 106 cm³/mol. The minimum absolute atomic E-state index is 0.198. The van der Waals surface area contributed by atoms with E-state index in [1.165, 1.54) is 0 Å². The Morgan fingerprint density at radius 2 is 2.00 bits per heavy atom. The number of carbonyl (C=O) groups is 1. The number of aliphatic carboxylic acids is 1. The van der Waals surface area contributed by atoms with Gasteiger partial charge in [-0.1, -0.05) is 18.2 Å². The summed E-state index contributed by atoms with van der Waals surface area (Å²) in [5.74, 6) is 1.56. The molecule has 154 valence electrons. The Labute approximate surface area is 169 Å². The molecule has 7 nitrogen and oxygen atoms in total. The van der Waals surface area contributed by atoms with Gasteiger partial charge in [0.1, 0.15) is 0 Å². The van der Waals surface area contributed by atoms with E-state index >= 15 is 0 Å². The third-order valence-electron chi connectivity index (χ3n) is 5.61. The van der Waals surface area contributed by atoms with Gasteiger partial charge in [-0.2, -0.15) is 0 Å². The number of methoxy groups -OCH3 is 2. The van der Waals surface area contributed by atoms with E-state index in [4.69, 9.17) is 18.9 Å². The number of ether oxygens (including phenoxy) is 4. The van der Waals surface area contributed by atoms with Gasteiger partial charge in [-0.3, -0.25) is 9.69 Å². The maximum absolute atomic E-state index is 11.7. The van der Waals surface area contributed by atoms with Crippen LogP contribution in [0, 0.1) is 5.92 Å². The summed E-state index contributed by atoms with van der Waals surface area (Å²) in [5.41, 5.74) is 1.92. The maximum atomic E-state index is 11.7. The first-order chi connectivity index (χ1) is 14.1. The molecule has 2 aliphatic heterocycles. The number of carboxylic acids is 1. The lowest BCUT2D eigenvalue weighted by Gasteiger charge is -2.38. The molecule has 0 aromatic heterocycles. The molecule has 0 radical (unpaired) electrons. The molecule has 1 N–H and O–H groups in total. The van der Waals surface area contributed by atoms with Crippen LogP contribution in [-0.4, -0.2) is 50.1 Å². The summed E-state index contributed by atoms with van der Waals surface area (Å²) >= 11 is 0. The van der Waals surface area contributed by atoms with Gasteiger partial charge in [-0.25, -0.2) is 0 Å². The average molecular weight is 399 g/mol. The van der Waals surface area contributed by atoms with Crippen LogP contribution in [0.5, 0.6) is 23.0 Å². The zero-order valence-corrected chi connectivity index (χ0v) is 16.6. The van der Waals surface area contributed by atoms with Crippen molar-refractivity contribution in [3.63, 3.8) is 0 Å². The Bertz CT molecular complexity index is 899. The van der Waals surface area contributed by atoms with Crippen molar-refractivity contribution in [2.45, 2.75) is 18.9 Å². The molecule has 2 aliphatic rings. The predicted octanol–water partition coefficient (Wildman–Crippen LogP) is 3.32. The monoisotopic (exact) mass is 399 g/mol. The highest BCUT2D eigenvalue weighted by Crippen LogP contribution is 2.44. The number of nitrogens with zero attached hydrogens (tertiary/aromatic N) is 1. The summed E-state index contributed by atoms with van der Waals surface area (Å²) in [7, 11) is 3.23. The molecule has 0 amide bonds. The zero-order valence-electron chi connectivity index (χ0n) is 16.6. The van der Waals surface area contributed by atoms with Gasteiger partial charge in [0, 0.05) is 12.1 Å². The molecule has 7 heteroatoms. The number of hydrogen-bond acceptors (Lipinski definition) is 6. The van der Waals surface area contributed by atoms with Gasteiger partial charge in [0.15, 0.2) is 23.0 Å². The Morgan fingerprint density at radius 3 is 2.76 bits per heavy atom. The number of para-hydroxylation sites is 1. The van der Waals surface area contributed by atoms with Crippen LogP contribution < -0.4 is 18.9 Å². The number of piperidine rings is 1. The molecule has 2 heterocycles. The first kappa shape index (κ1) is 19.4. The molecule has 2 unspecified atom stereocenters. The Hall–Kier alpha value is -2.93. The van der Waals surface area contributed by atoms with Crippen LogP contribution in [0.3, 0.4) is 0 Å². The number of rotatable bonds is 6. The summed E-state index contributed by atoms with van der Waals surface area (Å²) in [6.07, 6.45) is 1.51. The van der Waals surface area contributed by atoms with Gasteiger partial charge in [0.2, 0.25) is 6.79 Å². The SMILES string of the molecule is COc1cccc(C(c2ccc3c(c2)OCO3)N2CCCC(C(=O)O)C2)c1OC. The molecule has 0 aliphatic carbocycles. The molecular weight excluding hydrogens is 374 g/mol. The van der Waals surface area contributed by atoms with E-state index in [0.29, 0.717) is 36.0 Å². The number of likely N-dealkylation sites (tertiary alicyclic amines) is 1. The van der Waals surface area contributed by atoms with E-state index in [9.17, 15) is 9.90 Å².